The number of hydrogen-bond acceptors (Lipinski definition) is 2. The molecule has 1 aliphatic rings. The highest BCUT2D eigenvalue weighted by Crippen LogP contribution is 2.30. The first-order valence-electron chi connectivity index (χ1n) is 7.96. The minimum absolute atomic E-state index is 0.116. The van der Waals surface area contributed by atoms with Gasteiger partial charge in [0.25, 0.3) is 5.91 Å². The van der Waals surface area contributed by atoms with Crippen LogP contribution in [0.15, 0.2) is 48.5 Å². The second-order valence-corrected chi connectivity index (χ2v) is 6.01. The summed E-state index contributed by atoms with van der Waals surface area (Å²) in [6.07, 6.45) is 1.90. The Morgan fingerprint density at radius 2 is 1.79 bits per heavy atom. The van der Waals surface area contributed by atoms with E-state index < -0.39 is 0 Å². The van der Waals surface area contributed by atoms with Gasteiger partial charge in [0, 0.05) is 36.3 Å². The molecule has 0 bridgehead atoms. The largest absolute Gasteiger partial charge is 0.331 e. The van der Waals surface area contributed by atoms with Crippen LogP contribution in [0.4, 0.5) is 10.1 Å². The molecule has 0 saturated heterocycles. The molecule has 1 N–H and O–H groups in total. The fourth-order valence-corrected chi connectivity index (χ4v) is 2.63. The van der Waals surface area contributed by atoms with E-state index in [4.69, 9.17) is 0 Å². The number of halogens is 1. The smallest absolute Gasteiger partial charge is 0.254 e. The van der Waals surface area contributed by atoms with Crippen molar-refractivity contribution < 1.29 is 14.0 Å². The topological polar surface area (TPSA) is 49.4 Å². The van der Waals surface area contributed by atoms with E-state index in [1.807, 2.05) is 0 Å². The van der Waals surface area contributed by atoms with E-state index in [1.165, 1.54) is 13.0 Å². The van der Waals surface area contributed by atoms with Crippen LogP contribution in [0.1, 0.15) is 35.7 Å². The van der Waals surface area contributed by atoms with E-state index in [0.717, 1.165) is 12.8 Å². The standard InChI is InChI=1S/C19H19FN2O2/c1-13(23)21-16-8-6-14(7-9-16)19(24)22(17-10-11-17)12-15-4-2-3-5-18(15)20/h2-9,17H,10-12H2,1H3,(H,21,23). The van der Waals surface area contributed by atoms with Gasteiger partial charge in [-0.15, -0.1) is 0 Å². The van der Waals surface area contributed by atoms with Gasteiger partial charge in [-0.05, 0) is 43.2 Å². The molecule has 24 heavy (non-hydrogen) atoms. The maximum Gasteiger partial charge on any atom is 0.254 e. The Labute approximate surface area is 140 Å². The van der Waals surface area contributed by atoms with Gasteiger partial charge in [-0.25, -0.2) is 4.39 Å². The molecule has 2 amide bonds. The summed E-state index contributed by atoms with van der Waals surface area (Å²) < 4.78 is 13.9. The van der Waals surface area contributed by atoms with Gasteiger partial charge in [0.1, 0.15) is 5.82 Å². The quantitative estimate of drug-likeness (QED) is 0.913. The second-order valence-electron chi connectivity index (χ2n) is 6.01. The van der Waals surface area contributed by atoms with Crippen molar-refractivity contribution in [1.29, 1.82) is 0 Å². The first kappa shape index (κ1) is 16.2. The van der Waals surface area contributed by atoms with Gasteiger partial charge in [-0.2, -0.15) is 0 Å². The van der Waals surface area contributed by atoms with Crippen molar-refractivity contribution in [3.63, 3.8) is 0 Å². The number of nitrogens with one attached hydrogen (secondary N) is 1. The number of hydrogen-bond donors (Lipinski definition) is 1. The lowest BCUT2D eigenvalue weighted by Crippen LogP contribution is -2.32. The molecule has 0 radical (unpaired) electrons. The number of benzene rings is 2. The molecule has 4 nitrogen and oxygen atoms in total. The Morgan fingerprint density at radius 3 is 2.38 bits per heavy atom. The minimum Gasteiger partial charge on any atom is -0.331 e. The van der Waals surface area contributed by atoms with Crippen molar-refractivity contribution in [3.05, 3.63) is 65.5 Å². The molecule has 1 fully saturated rings. The fraction of sp³-hybridized carbons (Fsp3) is 0.263. The van der Waals surface area contributed by atoms with Crippen molar-refractivity contribution in [3.8, 4) is 0 Å². The van der Waals surface area contributed by atoms with Gasteiger partial charge in [0.05, 0.1) is 0 Å². The summed E-state index contributed by atoms with van der Waals surface area (Å²) in [6, 6.07) is 13.5. The van der Waals surface area contributed by atoms with Crippen LogP contribution < -0.4 is 5.32 Å². The van der Waals surface area contributed by atoms with Gasteiger partial charge in [-0.3, -0.25) is 9.59 Å². The monoisotopic (exact) mass is 326 g/mol. The van der Waals surface area contributed by atoms with E-state index in [2.05, 4.69) is 5.32 Å². The zero-order valence-corrected chi connectivity index (χ0v) is 13.5. The van der Waals surface area contributed by atoms with Crippen LogP contribution in [0.2, 0.25) is 0 Å². The van der Waals surface area contributed by atoms with Gasteiger partial charge < -0.3 is 10.2 Å². The van der Waals surface area contributed by atoms with E-state index in [9.17, 15) is 14.0 Å². The average molecular weight is 326 g/mol. The van der Waals surface area contributed by atoms with Crippen LogP contribution >= 0.6 is 0 Å². The van der Waals surface area contributed by atoms with Crippen LogP contribution in [-0.2, 0) is 11.3 Å². The summed E-state index contributed by atoms with van der Waals surface area (Å²) in [5, 5.41) is 2.67. The Hall–Kier alpha value is -2.69. The van der Waals surface area contributed by atoms with Crippen molar-refractivity contribution in [2.45, 2.75) is 32.4 Å². The van der Waals surface area contributed by atoms with E-state index >= 15 is 0 Å². The molecule has 0 spiro atoms. The SMILES string of the molecule is CC(=O)Nc1ccc(C(=O)N(Cc2ccccc2F)C2CC2)cc1. The normalized spacial score (nSPS) is 13.4. The summed E-state index contributed by atoms with van der Waals surface area (Å²) in [5.41, 5.74) is 1.70. The summed E-state index contributed by atoms with van der Waals surface area (Å²) in [5.74, 6) is -0.569. The van der Waals surface area contributed by atoms with Crippen molar-refractivity contribution >= 4 is 17.5 Å². The third-order valence-electron chi connectivity index (χ3n) is 4.00. The van der Waals surface area contributed by atoms with Crippen molar-refractivity contribution in [1.82, 2.24) is 4.90 Å². The van der Waals surface area contributed by atoms with E-state index in [1.54, 1.807) is 47.4 Å². The van der Waals surface area contributed by atoms with Crippen LogP contribution in [0, 0.1) is 5.82 Å². The van der Waals surface area contributed by atoms with Crippen LogP contribution in [0.3, 0.4) is 0 Å². The molecule has 2 aromatic rings. The number of rotatable bonds is 5. The molecule has 5 heteroatoms. The summed E-state index contributed by atoms with van der Waals surface area (Å²) in [6.45, 7) is 1.70. The lowest BCUT2D eigenvalue weighted by atomic mass is 10.1. The number of nitrogens with zero attached hydrogens (tertiary/aromatic N) is 1. The summed E-state index contributed by atoms with van der Waals surface area (Å²) >= 11 is 0. The predicted molar refractivity (Wildman–Crippen MR) is 90.0 cm³/mol. The Bertz CT molecular complexity index is 754. The molecule has 3 rings (SSSR count). The molecule has 0 aliphatic heterocycles. The first-order valence-corrected chi connectivity index (χ1v) is 7.96. The summed E-state index contributed by atoms with van der Waals surface area (Å²) in [4.78, 5) is 25.6. The fourth-order valence-electron chi connectivity index (χ4n) is 2.63. The maximum absolute atomic E-state index is 13.9. The zero-order chi connectivity index (χ0) is 17.1. The number of amides is 2. The lowest BCUT2D eigenvalue weighted by molar-refractivity contribution is -0.114. The van der Waals surface area contributed by atoms with Crippen LogP contribution in [-0.4, -0.2) is 22.8 Å². The first-order chi connectivity index (χ1) is 11.5. The highest BCUT2D eigenvalue weighted by atomic mass is 19.1. The average Bonchev–Trinajstić information content (AvgIpc) is 3.38. The van der Waals surface area contributed by atoms with Crippen molar-refractivity contribution in [2.75, 3.05) is 5.32 Å². The molecule has 0 heterocycles. The third-order valence-corrected chi connectivity index (χ3v) is 4.00. The van der Waals surface area contributed by atoms with E-state index in [-0.39, 0.29) is 30.2 Å². The predicted octanol–water partition coefficient (Wildman–Crippen LogP) is 3.59. The Kier molecular flexibility index (Phi) is 4.60. The molecule has 1 aliphatic carbocycles. The zero-order valence-electron chi connectivity index (χ0n) is 13.5. The Balaban J connectivity index is 1.77. The molecule has 1 saturated carbocycles. The van der Waals surface area contributed by atoms with Gasteiger partial charge in [-0.1, -0.05) is 18.2 Å². The second kappa shape index (κ2) is 6.83. The highest BCUT2D eigenvalue weighted by molar-refractivity contribution is 5.95. The molecule has 0 atom stereocenters. The van der Waals surface area contributed by atoms with Crippen LogP contribution in [0.25, 0.3) is 0 Å². The van der Waals surface area contributed by atoms with Gasteiger partial charge in [0.2, 0.25) is 5.91 Å². The summed E-state index contributed by atoms with van der Waals surface area (Å²) in [7, 11) is 0. The maximum atomic E-state index is 13.9. The molecule has 2 aromatic carbocycles. The van der Waals surface area contributed by atoms with E-state index in [0.29, 0.717) is 16.8 Å². The Morgan fingerprint density at radius 1 is 1.12 bits per heavy atom. The lowest BCUT2D eigenvalue weighted by Gasteiger charge is -2.23. The number of carbonyl (C=O) groups excluding carboxylic acids is 2. The minimum atomic E-state index is -0.294. The number of carbonyl (C=O) groups is 2. The van der Waals surface area contributed by atoms with Gasteiger partial charge >= 0.3 is 0 Å². The molecule has 0 unspecified atom stereocenters. The third kappa shape index (κ3) is 3.79. The molecular weight excluding hydrogens is 307 g/mol. The molecule has 0 aromatic heterocycles. The molecule has 124 valence electrons. The number of anilines is 1. The van der Waals surface area contributed by atoms with Gasteiger partial charge in [0.15, 0.2) is 0 Å². The highest BCUT2D eigenvalue weighted by Gasteiger charge is 2.33. The molecular formula is C19H19FN2O2. The van der Waals surface area contributed by atoms with Crippen molar-refractivity contribution in [2.24, 2.45) is 0 Å². The van der Waals surface area contributed by atoms with Crippen LogP contribution in [0.5, 0.6) is 0 Å².